The second-order valence-corrected chi connectivity index (χ2v) is 5.78. The van der Waals surface area contributed by atoms with Gasteiger partial charge in [0.15, 0.2) is 5.82 Å². The normalized spacial score (nSPS) is 11.6. The molecule has 3 nitrogen and oxygen atoms in total. The van der Waals surface area contributed by atoms with Crippen molar-refractivity contribution < 1.29 is 4.39 Å². The minimum absolute atomic E-state index is 0.154. The molecule has 19 heavy (non-hydrogen) atoms. The first-order chi connectivity index (χ1) is 8.77. The highest BCUT2D eigenvalue weighted by molar-refractivity contribution is 6.33. The van der Waals surface area contributed by atoms with Gasteiger partial charge in [0.1, 0.15) is 11.6 Å². The van der Waals surface area contributed by atoms with Gasteiger partial charge in [-0.25, -0.2) is 14.4 Å². The lowest BCUT2D eigenvalue weighted by Crippen LogP contribution is -2.15. The highest BCUT2D eigenvalue weighted by Crippen LogP contribution is 2.29. The monoisotopic (exact) mass is 279 g/mol. The van der Waals surface area contributed by atoms with Gasteiger partial charge in [0.05, 0.1) is 10.7 Å². The third-order valence-electron chi connectivity index (χ3n) is 2.69. The predicted octanol–water partition coefficient (Wildman–Crippen LogP) is 3.82. The molecule has 1 aromatic heterocycles. The summed E-state index contributed by atoms with van der Waals surface area (Å²) in [4.78, 5) is 8.64. The quantitative estimate of drug-likeness (QED) is 0.863. The van der Waals surface area contributed by atoms with Gasteiger partial charge in [-0.2, -0.15) is 0 Å². The molecular formula is C14H15ClFN3. The van der Waals surface area contributed by atoms with Crippen LogP contribution < -0.4 is 5.73 Å². The van der Waals surface area contributed by atoms with Gasteiger partial charge in [-0.15, -0.1) is 0 Å². The number of benzene rings is 1. The summed E-state index contributed by atoms with van der Waals surface area (Å²) >= 11 is 6.02. The van der Waals surface area contributed by atoms with E-state index in [1.165, 1.54) is 12.1 Å². The number of anilines is 1. The number of nitrogen functional groups attached to an aromatic ring is 1. The SMILES string of the molecule is CC(C)(C)c1cc(N)nc(-c2ccc(F)cc2Cl)n1. The van der Waals surface area contributed by atoms with E-state index in [2.05, 4.69) is 9.97 Å². The molecule has 5 heteroatoms. The predicted molar refractivity (Wildman–Crippen MR) is 75.5 cm³/mol. The molecule has 0 saturated carbocycles. The molecular weight excluding hydrogens is 265 g/mol. The molecule has 0 unspecified atom stereocenters. The number of hydrogen-bond acceptors (Lipinski definition) is 3. The van der Waals surface area contributed by atoms with Crippen molar-refractivity contribution in [3.8, 4) is 11.4 Å². The van der Waals surface area contributed by atoms with E-state index in [0.29, 0.717) is 17.2 Å². The molecule has 100 valence electrons. The van der Waals surface area contributed by atoms with Crippen LogP contribution in [-0.2, 0) is 5.41 Å². The van der Waals surface area contributed by atoms with E-state index in [9.17, 15) is 4.39 Å². The molecule has 0 fully saturated rings. The number of nitrogens with two attached hydrogens (primary N) is 1. The molecule has 2 N–H and O–H groups in total. The molecule has 0 bridgehead atoms. The Hall–Kier alpha value is -1.68. The Morgan fingerprint density at radius 3 is 2.42 bits per heavy atom. The summed E-state index contributed by atoms with van der Waals surface area (Å²) in [5.41, 5.74) is 7.04. The van der Waals surface area contributed by atoms with Crippen LogP contribution in [0.3, 0.4) is 0 Å². The molecule has 0 radical (unpaired) electrons. The van der Waals surface area contributed by atoms with Crippen molar-refractivity contribution in [2.24, 2.45) is 0 Å². The fourth-order valence-electron chi connectivity index (χ4n) is 1.64. The van der Waals surface area contributed by atoms with Crippen molar-refractivity contribution in [1.29, 1.82) is 0 Å². The molecule has 1 aromatic carbocycles. The third kappa shape index (κ3) is 3.01. The zero-order valence-corrected chi connectivity index (χ0v) is 11.8. The number of hydrogen-bond donors (Lipinski definition) is 1. The van der Waals surface area contributed by atoms with Crippen LogP contribution in [0, 0.1) is 5.82 Å². The maximum Gasteiger partial charge on any atom is 0.163 e. The Bertz CT molecular complexity index is 621. The van der Waals surface area contributed by atoms with Crippen molar-refractivity contribution >= 4 is 17.4 Å². The lowest BCUT2D eigenvalue weighted by atomic mass is 9.92. The van der Waals surface area contributed by atoms with Crippen molar-refractivity contribution in [2.45, 2.75) is 26.2 Å². The topological polar surface area (TPSA) is 51.8 Å². The van der Waals surface area contributed by atoms with Crippen LogP contribution in [0.2, 0.25) is 5.02 Å². The average Bonchev–Trinajstić information content (AvgIpc) is 2.26. The van der Waals surface area contributed by atoms with E-state index in [1.54, 1.807) is 12.1 Å². The van der Waals surface area contributed by atoms with Gasteiger partial charge in [0, 0.05) is 17.0 Å². The lowest BCUT2D eigenvalue weighted by molar-refractivity contribution is 0.568. The molecule has 0 spiro atoms. The number of aromatic nitrogens is 2. The van der Waals surface area contributed by atoms with E-state index in [0.717, 1.165) is 5.69 Å². The van der Waals surface area contributed by atoms with E-state index in [4.69, 9.17) is 17.3 Å². The maximum absolute atomic E-state index is 13.1. The van der Waals surface area contributed by atoms with Crippen LogP contribution >= 0.6 is 11.6 Å². The van der Waals surface area contributed by atoms with Gasteiger partial charge in [0.25, 0.3) is 0 Å². The summed E-state index contributed by atoms with van der Waals surface area (Å²) in [6, 6.07) is 5.85. The van der Waals surface area contributed by atoms with Crippen molar-refractivity contribution in [3.63, 3.8) is 0 Å². The average molecular weight is 280 g/mol. The molecule has 0 saturated heterocycles. The van der Waals surface area contributed by atoms with Gasteiger partial charge in [-0.1, -0.05) is 32.4 Å². The highest BCUT2D eigenvalue weighted by Gasteiger charge is 2.18. The zero-order chi connectivity index (χ0) is 14.2. The fourth-order valence-corrected chi connectivity index (χ4v) is 1.89. The zero-order valence-electron chi connectivity index (χ0n) is 11.0. The number of halogens is 2. The van der Waals surface area contributed by atoms with Crippen LogP contribution in [0.15, 0.2) is 24.3 Å². The summed E-state index contributed by atoms with van der Waals surface area (Å²) in [6.45, 7) is 6.10. The van der Waals surface area contributed by atoms with Crippen LogP contribution in [0.25, 0.3) is 11.4 Å². The lowest BCUT2D eigenvalue weighted by Gasteiger charge is -2.18. The maximum atomic E-state index is 13.1. The largest absolute Gasteiger partial charge is 0.384 e. The number of rotatable bonds is 1. The van der Waals surface area contributed by atoms with Crippen LogP contribution in [-0.4, -0.2) is 9.97 Å². The summed E-state index contributed by atoms with van der Waals surface area (Å²) in [5, 5.41) is 0.269. The van der Waals surface area contributed by atoms with E-state index < -0.39 is 5.82 Å². The minimum Gasteiger partial charge on any atom is -0.384 e. The third-order valence-corrected chi connectivity index (χ3v) is 3.00. The van der Waals surface area contributed by atoms with E-state index in [-0.39, 0.29) is 10.4 Å². The Morgan fingerprint density at radius 2 is 1.84 bits per heavy atom. The number of nitrogens with zero attached hydrogens (tertiary/aromatic N) is 2. The Labute approximate surface area is 116 Å². The summed E-state index contributed by atoms with van der Waals surface area (Å²) in [5.74, 6) is 0.388. The Balaban J connectivity index is 2.59. The van der Waals surface area contributed by atoms with Crippen LogP contribution in [0.1, 0.15) is 26.5 Å². The smallest absolute Gasteiger partial charge is 0.163 e. The first-order valence-electron chi connectivity index (χ1n) is 5.88. The van der Waals surface area contributed by atoms with Gasteiger partial charge in [0.2, 0.25) is 0 Å². The first-order valence-corrected chi connectivity index (χ1v) is 6.25. The first kappa shape index (κ1) is 13.7. The second-order valence-electron chi connectivity index (χ2n) is 5.38. The van der Waals surface area contributed by atoms with Crippen LogP contribution in [0.5, 0.6) is 0 Å². The molecule has 0 aliphatic carbocycles. The Kier molecular flexibility index (Phi) is 3.45. The van der Waals surface area contributed by atoms with Gasteiger partial charge in [-0.3, -0.25) is 0 Å². The van der Waals surface area contributed by atoms with Crippen molar-refractivity contribution in [1.82, 2.24) is 9.97 Å². The summed E-state index contributed by atoms with van der Waals surface area (Å²) < 4.78 is 13.1. The minimum atomic E-state index is -0.395. The summed E-state index contributed by atoms with van der Waals surface area (Å²) in [7, 11) is 0. The van der Waals surface area contributed by atoms with Gasteiger partial charge < -0.3 is 5.73 Å². The van der Waals surface area contributed by atoms with Gasteiger partial charge in [-0.05, 0) is 18.2 Å². The highest BCUT2D eigenvalue weighted by atomic mass is 35.5. The van der Waals surface area contributed by atoms with E-state index in [1.807, 2.05) is 20.8 Å². The van der Waals surface area contributed by atoms with Crippen molar-refractivity contribution in [2.75, 3.05) is 5.73 Å². The van der Waals surface area contributed by atoms with Gasteiger partial charge >= 0.3 is 0 Å². The summed E-state index contributed by atoms with van der Waals surface area (Å²) in [6.07, 6.45) is 0. The standard InChI is InChI=1S/C14H15ClFN3/c1-14(2,3)11-7-12(17)19-13(18-11)9-5-4-8(16)6-10(9)15/h4-7H,1-3H3,(H2,17,18,19). The molecule has 0 amide bonds. The van der Waals surface area contributed by atoms with Crippen LogP contribution in [0.4, 0.5) is 10.2 Å². The second kappa shape index (κ2) is 4.78. The molecule has 0 aliphatic rings. The Morgan fingerprint density at radius 1 is 1.16 bits per heavy atom. The fraction of sp³-hybridized carbons (Fsp3) is 0.286. The van der Waals surface area contributed by atoms with Crippen molar-refractivity contribution in [3.05, 3.63) is 40.8 Å². The molecule has 0 atom stereocenters. The molecule has 0 aliphatic heterocycles. The molecule has 2 rings (SSSR count). The molecule has 2 aromatic rings. The van der Waals surface area contributed by atoms with E-state index >= 15 is 0 Å². The molecule has 1 heterocycles.